The SMILES string of the molecule is Cc1cc(N)cnc1NS(=O)(=O)c1cc(C)c(Br)s1. The number of pyridine rings is 1. The highest BCUT2D eigenvalue weighted by atomic mass is 79.9. The zero-order valence-corrected chi connectivity index (χ0v) is 13.5. The standard InChI is InChI=1S/C11H12BrN3O2S2/c1-6-4-9(18-10(6)12)19(16,17)15-11-7(2)3-8(13)5-14-11/h3-5H,13H2,1-2H3,(H,14,15). The first-order valence-corrected chi connectivity index (χ1v) is 8.40. The number of nitrogens with zero attached hydrogens (tertiary/aromatic N) is 1. The molecule has 0 aliphatic carbocycles. The van der Waals surface area contributed by atoms with Gasteiger partial charge in [-0.2, -0.15) is 0 Å². The minimum Gasteiger partial charge on any atom is -0.397 e. The predicted molar refractivity (Wildman–Crippen MR) is 81.0 cm³/mol. The lowest BCUT2D eigenvalue weighted by Crippen LogP contribution is -2.13. The van der Waals surface area contributed by atoms with E-state index in [1.54, 1.807) is 19.1 Å². The highest BCUT2D eigenvalue weighted by molar-refractivity contribution is 9.11. The van der Waals surface area contributed by atoms with Crippen molar-refractivity contribution in [3.05, 3.63) is 33.2 Å². The van der Waals surface area contributed by atoms with E-state index in [0.29, 0.717) is 11.3 Å². The van der Waals surface area contributed by atoms with E-state index < -0.39 is 10.0 Å². The van der Waals surface area contributed by atoms with Crippen LogP contribution in [0.15, 0.2) is 26.3 Å². The summed E-state index contributed by atoms with van der Waals surface area (Å²) in [6.45, 7) is 3.59. The Kier molecular flexibility index (Phi) is 3.84. The predicted octanol–water partition coefficient (Wildman–Crippen LogP) is 2.91. The lowest BCUT2D eigenvalue weighted by Gasteiger charge is -2.08. The summed E-state index contributed by atoms with van der Waals surface area (Å²) in [6, 6.07) is 3.28. The number of hydrogen-bond donors (Lipinski definition) is 2. The van der Waals surface area contributed by atoms with Crippen LogP contribution in [0.4, 0.5) is 11.5 Å². The average molecular weight is 362 g/mol. The van der Waals surface area contributed by atoms with E-state index in [1.165, 1.54) is 6.20 Å². The Morgan fingerprint density at radius 2 is 2.00 bits per heavy atom. The van der Waals surface area contributed by atoms with E-state index >= 15 is 0 Å². The Bertz CT molecular complexity index is 706. The molecule has 0 saturated heterocycles. The van der Waals surface area contributed by atoms with Gasteiger partial charge in [0.25, 0.3) is 10.0 Å². The van der Waals surface area contributed by atoms with Crippen LogP contribution in [-0.2, 0) is 10.0 Å². The molecule has 0 atom stereocenters. The van der Waals surface area contributed by atoms with Gasteiger partial charge in [0.15, 0.2) is 0 Å². The van der Waals surface area contributed by atoms with Crippen molar-refractivity contribution in [1.29, 1.82) is 0 Å². The average Bonchev–Trinajstić information content (AvgIpc) is 2.64. The molecule has 0 bridgehead atoms. The van der Waals surface area contributed by atoms with Gasteiger partial charge in [0.1, 0.15) is 10.0 Å². The van der Waals surface area contributed by atoms with Crippen molar-refractivity contribution in [3.8, 4) is 0 Å². The molecular formula is C11H12BrN3O2S2. The highest BCUT2D eigenvalue weighted by Crippen LogP contribution is 2.31. The molecule has 2 aromatic rings. The van der Waals surface area contributed by atoms with E-state index in [9.17, 15) is 8.42 Å². The first-order chi connectivity index (χ1) is 8.79. The molecule has 5 nitrogen and oxygen atoms in total. The van der Waals surface area contributed by atoms with Crippen molar-refractivity contribution in [3.63, 3.8) is 0 Å². The van der Waals surface area contributed by atoms with E-state index in [0.717, 1.165) is 20.7 Å². The van der Waals surface area contributed by atoms with Gasteiger partial charge in [0.05, 0.1) is 15.7 Å². The van der Waals surface area contributed by atoms with Crippen molar-refractivity contribution in [2.45, 2.75) is 18.1 Å². The Labute approximate surface area is 124 Å². The van der Waals surface area contributed by atoms with Gasteiger partial charge in [-0.05, 0) is 53.0 Å². The molecule has 0 unspecified atom stereocenters. The normalized spacial score (nSPS) is 11.5. The second kappa shape index (κ2) is 5.10. The van der Waals surface area contributed by atoms with Crippen LogP contribution in [0, 0.1) is 13.8 Å². The number of nitrogen functional groups attached to an aromatic ring is 1. The molecule has 19 heavy (non-hydrogen) atoms. The summed E-state index contributed by atoms with van der Waals surface area (Å²) < 4.78 is 27.9. The number of hydrogen-bond acceptors (Lipinski definition) is 5. The fourth-order valence-corrected chi connectivity index (χ4v) is 4.75. The van der Waals surface area contributed by atoms with Gasteiger partial charge in [0, 0.05) is 0 Å². The number of aromatic nitrogens is 1. The Morgan fingerprint density at radius 1 is 1.32 bits per heavy atom. The van der Waals surface area contributed by atoms with Crippen molar-refractivity contribution < 1.29 is 8.42 Å². The van der Waals surface area contributed by atoms with Crippen LogP contribution in [0.2, 0.25) is 0 Å². The number of halogens is 1. The van der Waals surface area contributed by atoms with Gasteiger partial charge in [-0.1, -0.05) is 0 Å². The smallest absolute Gasteiger partial charge is 0.272 e. The lowest BCUT2D eigenvalue weighted by molar-refractivity contribution is 0.603. The second-order valence-corrected chi connectivity index (χ2v) is 8.34. The molecule has 0 spiro atoms. The van der Waals surface area contributed by atoms with E-state index in [1.807, 2.05) is 6.92 Å². The summed E-state index contributed by atoms with van der Waals surface area (Å²) in [7, 11) is -3.62. The zero-order valence-electron chi connectivity index (χ0n) is 10.3. The summed E-state index contributed by atoms with van der Waals surface area (Å²) in [4.78, 5) is 4.00. The van der Waals surface area contributed by atoms with E-state index in [-0.39, 0.29) is 10.0 Å². The maximum Gasteiger partial charge on any atom is 0.272 e. The molecule has 0 aliphatic heterocycles. The number of nitrogens with two attached hydrogens (primary N) is 1. The maximum atomic E-state index is 12.2. The molecule has 2 rings (SSSR count). The van der Waals surface area contributed by atoms with Crippen molar-refractivity contribution in [2.24, 2.45) is 0 Å². The molecule has 2 heterocycles. The van der Waals surface area contributed by atoms with Crippen molar-refractivity contribution >= 4 is 48.8 Å². The molecule has 3 N–H and O–H groups in total. The molecule has 0 aliphatic rings. The van der Waals surface area contributed by atoms with Crippen molar-refractivity contribution in [2.75, 3.05) is 10.5 Å². The van der Waals surface area contributed by atoms with Gasteiger partial charge >= 0.3 is 0 Å². The molecule has 8 heteroatoms. The number of anilines is 2. The Morgan fingerprint density at radius 3 is 2.53 bits per heavy atom. The molecule has 0 radical (unpaired) electrons. The largest absolute Gasteiger partial charge is 0.397 e. The number of nitrogens with one attached hydrogen (secondary N) is 1. The Balaban J connectivity index is 2.36. The first-order valence-electron chi connectivity index (χ1n) is 5.30. The minimum atomic E-state index is -3.62. The molecule has 0 aromatic carbocycles. The Hall–Kier alpha value is -1.12. The van der Waals surface area contributed by atoms with Crippen LogP contribution < -0.4 is 10.5 Å². The lowest BCUT2D eigenvalue weighted by atomic mass is 10.3. The number of sulfonamides is 1. The second-order valence-electron chi connectivity index (χ2n) is 4.06. The molecule has 0 amide bonds. The topological polar surface area (TPSA) is 85.1 Å². The summed E-state index contributed by atoms with van der Waals surface area (Å²) >= 11 is 4.48. The summed E-state index contributed by atoms with van der Waals surface area (Å²) in [5.74, 6) is 0.288. The van der Waals surface area contributed by atoms with E-state index in [2.05, 4.69) is 25.6 Å². The van der Waals surface area contributed by atoms with Crippen LogP contribution >= 0.6 is 27.3 Å². The summed E-state index contributed by atoms with van der Waals surface area (Å²) in [5, 5.41) is 0. The van der Waals surface area contributed by atoms with Crippen LogP contribution in [0.3, 0.4) is 0 Å². The maximum absolute atomic E-state index is 12.2. The summed E-state index contributed by atoms with van der Waals surface area (Å²) in [6.07, 6.45) is 1.42. The third-order valence-electron chi connectivity index (χ3n) is 2.43. The number of rotatable bonds is 3. The monoisotopic (exact) mass is 361 g/mol. The minimum absolute atomic E-state index is 0.245. The third kappa shape index (κ3) is 3.07. The van der Waals surface area contributed by atoms with E-state index in [4.69, 9.17) is 5.73 Å². The zero-order chi connectivity index (χ0) is 14.2. The van der Waals surface area contributed by atoms with Crippen LogP contribution in [0.1, 0.15) is 11.1 Å². The molecule has 2 aromatic heterocycles. The first kappa shape index (κ1) is 14.3. The fraction of sp³-hybridized carbons (Fsp3) is 0.182. The van der Waals surface area contributed by atoms with Gasteiger partial charge in [-0.15, -0.1) is 11.3 Å². The van der Waals surface area contributed by atoms with Crippen LogP contribution in [0.5, 0.6) is 0 Å². The van der Waals surface area contributed by atoms with Crippen molar-refractivity contribution in [1.82, 2.24) is 4.98 Å². The molecule has 0 saturated carbocycles. The van der Waals surface area contributed by atoms with Crippen LogP contribution in [-0.4, -0.2) is 13.4 Å². The van der Waals surface area contributed by atoms with Gasteiger partial charge in [-0.25, -0.2) is 13.4 Å². The third-order valence-corrected chi connectivity index (χ3v) is 6.38. The van der Waals surface area contributed by atoms with Crippen LogP contribution in [0.25, 0.3) is 0 Å². The fourth-order valence-electron chi connectivity index (χ4n) is 1.45. The van der Waals surface area contributed by atoms with Gasteiger partial charge in [-0.3, -0.25) is 4.72 Å². The van der Waals surface area contributed by atoms with Gasteiger partial charge in [0.2, 0.25) is 0 Å². The quantitative estimate of drug-likeness (QED) is 0.879. The summed E-state index contributed by atoms with van der Waals surface area (Å²) in [5.41, 5.74) is 7.64. The molecular weight excluding hydrogens is 350 g/mol. The highest BCUT2D eigenvalue weighted by Gasteiger charge is 2.19. The molecule has 0 fully saturated rings. The molecule has 102 valence electrons. The van der Waals surface area contributed by atoms with Gasteiger partial charge < -0.3 is 5.73 Å². The number of aryl methyl sites for hydroxylation is 2. The number of thiophene rings is 1.